The minimum absolute atomic E-state index is 0.187. The van der Waals surface area contributed by atoms with Crippen LogP contribution in [0.25, 0.3) is 11.5 Å². The SMILES string of the molecule is Oc1cccc(-c2nc(C3CCCC3)no2)c1O. The van der Waals surface area contributed by atoms with Gasteiger partial charge in [0, 0.05) is 5.92 Å². The highest BCUT2D eigenvalue weighted by molar-refractivity contribution is 5.66. The van der Waals surface area contributed by atoms with Crippen molar-refractivity contribution < 1.29 is 14.7 Å². The third-order valence-corrected chi connectivity index (χ3v) is 3.41. The van der Waals surface area contributed by atoms with Gasteiger partial charge in [0.1, 0.15) is 0 Å². The Labute approximate surface area is 104 Å². The van der Waals surface area contributed by atoms with E-state index in [1.807, 2.05) is 0 Å². The van der Waals surface area contributed by atoms with Gasteiger partial charge in [0.15, 0.2) is 17.3 Å². The Kier molecular flexibility index (Phi) is 2.66. The normalized spacial score (nSPS) is 16.2. The van der Waals surface area contributed by atoms with E-state index in [9.17, 15) is 10.2 Å². The Bertz CT molecular complexity index is 559. The summed E-state index contributed by atoms with van der Waals surface area (Å²) in [4.78, 5) is 4.32. The zero-order valence-corrected chi connectivity index (χ0v) is 9.83. The molecule has 1 fully saturated rings. The standard InChI is InChI=1S/C13H14N2O3/c16-10-7-3-6-9(11(10)17)13-14-12(15-18-13)8-4-1-2-5-8/h3,6-8,16-17H,1-2,4-5H2. The van der Waals surface area contributed by atoms with Crippen molar-refractivity contribution in [2.75, 3.05) is 0 Å². The molecule has 0 atom stereocenters. The number of aromatic hydroxyl groups is 2. The van der Waals surface area contributed by atoms with Crippen LogP contribution in [0.2, 0.25) is 0 Å². The van der Waals surface area contributed by atoms with Gasteiger partial charge in [-0.3, -0.25) is 0 Å². The molecule has 3 rings (SSSR count). The molecular formula is C13H14N2O3. The number of para-hydroxylation sites is 1. The van der Waals surface area contributed by atoms with Crippen LogP contribution in [0.1, 0.15) is 37.4 Å². The second kappa shape index (κ2) is 4.33. The lowest BCUT2D eigenvalue weighted by Gasteiger charge is -2.01. The maximum Gasteiger partial charge on any atom is 0.261 e. The zero-order chi connectivity index (χ0) is 12.5. The highest BCUT2D eigenvalue weighted by atomic mass is 16.5. The molecule has 94 valence electrons. The second-order valence-corrected chi connectivity index (χ2v) is 4.61. The van der Waals surface area contributed by atoms with Crippen LogP contribution in [0.3, 0.4) is 0 Å². The average molecular weight is 246 g/mol. The average Bonchev–Trinajstić information content (AvgIpc) is 3.01. The zero-order valence-electron chi connectivity index (χ0n) is 9.83. The molecule has 0 saturated heterocycles. The lowest BCUT2D eigenvalue weighted by molar-refractivity contribution is 0.394. The van der Waals surface area contributed by atoms with Gasteiger partial charge in [-0.15, -0.1) is 0 Å². The van der Waals surface area contributed by atoms with Crippen LogP contribution in [0.5, 0.6) is 11.5 Å². The molecule has 2 N–H and O–H groups in total. The molecule has 0 bridgehead atoms. The van der Waals surface area contributed by atoms with E-state index in [0.717, 1.165) is 12.8 Å². The van der Waals surface area contributed by atoms with Crippen molar-refractivity contribution >= 4 is 0 Å². The fourth-order valence-corrected chi connectivity index (χ4v) is 2.40. The predicted molar refractivity (Wildman–Crippen MR) is 64.3 cm³/mol. The highest BCUT2D eigenvalue weighted by Crippen LogP contribution is 2.37. The summed E-state index contributed by atoms with van der Waals surface area (Å²) < 4.78 is 5.17. The molecule has 1 saturated carbocycles. The molecule has 2 aromatic rings. The van der Waals surface area contributed by atoms with Crippen LogP contribution in [0.15, 0.2) is 22.7 Å². The molecule has 1 aromatic heterocycles. The van der Waals surface area contributed by atoms with Gasteiger partial charge in [-0.05, 0) is 25.0 Å². The summed E-state index contributed by atoms with van der Waals surface area (Å²) in [5, 5.41) is 23.2. The summed E-state index contributed by atoms with van der Waals surface area (Å²) in [7, 11) is 0. The first kappa shape index (κ1) is 11.1. The van der Waals surface area contributed by atoms with Gasteiger partial charge in [0.25, 0.3) is 5.89 Å². The second-order valence-electron chi connectivity index (χ2n) is 4.61. The number of benzene rings is 1. The Balaban J connectivity index is 1.95. The number of aromatic nitrogens is 2. The van der Waals surface area contributed by atoms with E-state index in [0.29, 0.717) is 17.3 Å². The van der Waals surface area contributed by atoms with Crippen LogP contribution < -0.4 is 0 Å². The molecule has 5 heteroatoms. The van der Waals surface area contributed by atoms with Crippen molar-refractivity contribution in [1.29, 1.82) is 0 Å². The van der Waals surface area contributed by atoms with Crippen LogP contribution in [-0.2, 0) is 0 Å². The molecule has 1 aliphatic rings. The summed E-state index contributed by atoms with van der Waals surface area (Å²) in [5.74, 6) is 0.907. The van der Waals surface area contributed by atoms with Gasteiger partial charge in [0.05, 0.1) is 5.56 Å². The fraction of sp³-hybridized carbons (Fsp3) is 0.385. The number of hydrogen-bond donors (Lipinski definition) is 2. The van der Waals surface area contributed by atoms with E-state index in [-0.39, 0.29) is 17.4 Å². The van der Waals surface area contributed by atoms with Gasteiger partial charge >= 0.3 is 0 Å². The third-order valence-electron chi connectivity index (χ3n) is 3.41. The quantitative estimate of drug-likeness (QED) is 0.796. The number of phenols is 2. The first-order valence-electron chi connectivity index (χ1n) is 6.10. The van der Waals surface area contributed by atoms with Crippen molar-refractivity contribution in [2.24, 2.45) is 0 Å². The lowest BCUT2D eigenvalue weighted by Crippen LogP contribution is -1.94. The smallest absolute Gasteiger partial charge is 0.261 e. The minimum Gasteiger partial charge on any atom is -0.504 e. The van der Waals surface area contributed by atoms with E-state index >= 15 is 0 Å². The van der Waals surface area contributed by atoms with Crippen LogP contribution in [0, 0.1) is 0 Å². The van der Waals surface area contributed by atoms with Crippen LogP contribution in [0.4, 0.5) is 0 Å². The Hall–Kier alpha value is -2.04. The largest absolute Gasteiger partial charge is 0.504 e. The topological polar surface area (TPSA) is 79.4 Å². The Morgan fingerprint density at radius 1 is 1.17 bits per heavy atom. The monoisotopic (exact) mass is 246 g/mol. The Morgan fingerprint density at radius 2 is 1.94 bits per heavy atom. The molecule has 1 heterocycles. The van der Waals surface area contributed by atoms with Gasteiger partial charge in [-0.25, -0.2) is 0 Å². The number of nitrogens with zero attached hydrogens (tertiary/aromatic N) is 2. The van der Waals surface area contributed by atoms with Crippen molar-refractivity contribution in [2.45, 2.75) is 31.6 Å². The van der Waals surface area contributed by atoms with Crippen molar-refractivity contribution in [1.82, 2.24) is 10.1 Å². The summed E-state index contributed by atoms with van der Waals surface area (Å²) >= 11 is 0. The molecular weight excluding hydrogens is 232 g/mol. The van der Waals surface area contributed by atoms with E-state index in [2.05, 4.69) is 10.1 Å². The molecule has 0 unspecified atom stereocenters. The lowest BCUT2D eigenvalue weighted by atomic mass is 10.1. The number of rotatable bonds is 2. The maximum atomic E-state index is 9.75. The van der Waals surface area contributed by atoms with Gasteiger partial charge in [-0.2, -0.15) is 4.98 Å². The van der Waals surface area contributed by atoms with E-state index in [4.69, 9.17) is 4.52 Å². The Morgan fingerprint density at radius 3 is 2.72 bits per heavy atom. The number of phenolic OH excluding ortho intramolecular Hbond substituents is 2. The fourth-order valence-electron chi connectivity index (χ4n) is 2.40. The summed E-state index contributed by atoms with van der Waals surface area (Å²) in [5.41, 5.74) is 0.367. The highest BCUT2D eigenvalue weighted by Gasteiger charge is 2.23. The van der Waals surface area contributed by atoms with Crippen molar-refractivity contribution in [3.05, 3.63) is 24.0 Å². The van der Waals surface area contributed by atoms with Crippen LogP contribution >= 0.6 is 0 Å². The summed E-state index contributed by atoms with van der Waals surface area (Å²) in [6.45, 7) is 0. The molecule has 5 nitrogen and oxygen atoms in total. The van der Waals surface area contributed by atoms with Crippen molar-refractivity contribution in [3.63, 3.8) is 0 Å². The molecule has 0 amide bonds. The minimum atomic E-state index is -0.223. The van der Waals surface area contributed by atoms with Gasteiger partial charge < -0.3 is 14.7 Å². The summed E-state index contributed by atoms with van der Waals surface area (Å²) in [6, 6.07) is 4.68. The first-order chi connectivity index (χ1) is 8.75. The summed E-state index contributed by atoms with van der Waals surface area (Å²) in [6.07, 6.45) is 4.58. The van der Waals surface area contributed by atoms with E-state index in [1.54, 1.807) is 12.1 Å². The molecule has 18 heavy (non-hydrogen) atoms. The van der Waals surface area contributed by atoms with Gasteiger partial charge in [-0.1, -0.05) is 24.1 Å². The number of hydrogen-bond acceptors (Lipinski definition) is 5. The molecule has 1 aromatic carbocycles. The molecule has 1 aliphatic carbocycles. The molecule has 0 aliphatic heterocycles. The van der Waals surface area contributed by atoms with E-state index < -0.39 is 0 Å². The van der Waals surface area contributed by atoms with E-state index in [1.165, 1.54) is 18.9 Å². The van der Waals surface area contributed by atoms with Crippen LogP contribution in [-0.4, -0.2) is 20.4 Å². The molecule has 0 radical (unpaired) electrons. The maximum absolute atomic E-state index is 9.75. The molecule has 0 spiro atoms. The predicted octanol–water partition coefficient (Wildman–Crippen LogP) is 2.81. The third kappa shape index (κ3) is 1.81. The van der Waals surface area contributed by atoms with Crippen molar-refractivity contribution in [3.8, 4) is 23.0 Å². The first-order valence-corrected chi connectivity index (χ1v) is 6.10. The van der Waals surface area contributed by atoms with Gasteiger partial charge in [0.2, 0.25) is 0 Å².